The second-order valence-corrected chi connectivity index (χ2v) is 4.86. The average molecular weight is 304 g/mol. The summed E-state index contributed by atoms with van der Waals surface area (Å²) in [7, 11) is 0. The van der Waals surface area contributed by atoms with E-state index in [0.29, 0.717) is 10.0 Å². The summed E-state index contributed by atoms with van der Waals surface area (Å²) < 4.78 is 5.97. The highest BCUT2D eigenvalue weighted by Crippen LogP contribution is 2.38. The number of nitro benzene ring substituents is 1. The van der Waals surface area contributed by atoms with Crippen molar-refractivity contribution in [3.63, 3.8) is 0 Å². The quantitative estimate of drug-likeness (QED) is 0.685. The molecule has 1 atom stereocenters. The highest BCUT2D eigenvalue weighted by molar-refractivity contribution is 9.10. The third-order valence-electron chi connectivity index (χ3n) is 2.06. The highest BCUT2D eigenvalue weighted by atomic mass is 79.9. The Kier molecular flexibility index (Phi) is 4.47. The molecule has 0 aliphatic heterocycles. The molecule has 0 aromatic heterocycles. The summed E-state index contributed by atoms with van der Waals surface area (Å²) in [6.45, 7) is 5.09. The molecule has 1 aromatic carbocycles. The molecule has 0 saturated heterocycles. The van der Waals surface area contributed by atoms with Crippen LogP contribution in [-0.4, -0.2) is 16.1 Å². The summed E-state index contributed by atoms with van der Waals surface area (Å²) >= 11 is 3.18. The third kappa shape index (κ3) is 3.41. The van der Waals surface area contributed by atoms with Gasteiger partial charge in [0.15, 0.2) is 0 Å². The Bertz CT molecular complexity index is 432. The van der Waals surface area contributed by atoms with Crippen LogP contribution in [0.25, 0.3) is 0 Å². The Hall–Kier alpha value is -1.14. The first-order valence-corrected chi connectivity index (χ1v) is 5.94. The van der Waals surface area contributed by atoms with Gasteiger partial charge in [-0.1, -0.05) is 15.9 Å². The van der Waals surface area contributed by atoms with Crippen LogP contribution in [0.3, 0.4) is 0 Å². The predicted octanol–water partition coefficient (Wildman–Crippen LogP) is 3.20. The Balaban J connectivity index is 3.41. The van der Waals surface area contributed by atoms with Crippen LogP contribution < -0.4 is 4.74 Å². The third-order valence-corrected chi connectivity index (χ3v) is 2.52. The summed E-state index contributed by atoms with van der Waals surface area (Å²) in [5.41, 5.74) is 0.253. The van der Waals surface area contributed by atoms with E-state index < -0.39 is 11.0 Å². The molecule has 0 fully saturated rings. The van der Waals surface area contributed by atoms with Gasteiger partial charge >= 0.3 is 5.69 Å². The van der Waals surface area contributed by atoms with E-state index >= 15 is 0 Å². The van der Waals surface area contributed by atoms with Crippen LogP contribution in [-0.2, 0) is 0 Å². The second kappa shape index (κ2) is 5.46. The number of nitrogens with zero attached hydrogens (tertiary/aromatic N) is 1. The van der Waals surface area contributed by atoms with Crippen molar-refractivity contribution < 1.29 is 14.8 Å². The van der Waals surface area contributed by atoms with Crippen molar-refractivity contribution >= 4 is 21.6 Å². The van der Waals surface area contributed by atoms with Crippen LogP contribution in [0.4, 0.5) is 5.69 Å². The van der Waals surface area contributed by atoms with Crippen LogP contribution in [0, 0.1) is 10.1 Å². The number of hydrogen-bond donors (Lipinski definition) is 1. The molecule has 0 spiro atoms. The van der Waals surface area contributed by atoms with Crippen LogP contribution in [0.1, 0.15) is 32.4 Å². The molecule has 0 bridgehead atoms. The molecule has 1 rings (SSSR count). The van der Waals surface area contributed by atoms with Crippen molar-refractivity contribution in [3.8, 4) is 5.75 Å². The number of ether oxygens (including phenoxy) is 1. The van der Waals surface area contributed by atoms with E-state index in [1.54, 1.807) is 26.8 Å². The second-order valence-electron chi connectivity index (χ2n) is 3.94. The maximum Gasteiger partial charge on any atom is 0.312 e. The van der Waals surface area contributed by atoms with Crippen LogP contribution in [0.2, 0.25) is 0 Å². The smallest absolute Gasteiger partial charge is 0.312 e. The standard InChI is InChI=1S/C11H14BrNO4/c1-6(2)17-11-9(7(3)14)4-8(12)5-10(11)13(15)16/h4-7,14H,1-3H3/t7-/m1/s1. The SMILES string of the molecule is CC(C)Oc1c([C@@H](C)O)cc(Br)cc1[N+](=O)[O-]. The summed E-state index contributed by atoms with van der Waals surface area (Å²) in [5.74, 6) is 0.128. The molecule has 0 radical (unpaired) electrons. The fourth-order valence-electron chi connectivity index (χ4n) is 1.41. The van der Waals surface area contributed by atoms with E-state index in [2.05, 4.69) is 15.9 Å². The molecule has 0 aliphatic carbocycles. The first kappa shape index (κ1) is 13.9. The van der Waals surface area contributed by atoms with E-state index in [9.17, 15) is 15.2 Å². The van der Waals surface area contributed by atoms with Gasteiger partial charge in [0.25, 0.3) is 0 Å². The molecule has 0 saturated carbocycles. The molecule has 1 N–H and O–H groups in total. The fourth-order valence-corrected chi connectivity index (χ4v) is 1.87. The van der Waals surface area contributed by atoms with Crippen molar-refractivity contribution in [1.29, 1.82) is 0 Å². The Morgan fingerprint density at radius 1 is 1.41 bits per heavy atom. The monoisotopic (exact) mass is 303 g/mol. The summed E-state index contributed by atoms with van der Waals surface area (Å²) in [4.78, 5) is 10.4. The summed E-state index contributed by atoms with van der Waals surface area (Å²) in [5, 5.41) is 20.6. The van der Waals surface area contributed by atoms with E-state index in [0.717, 1.165) is 0 Å². The first-order valence-electron chi connectivity index (χ1n) is 5.15. The van der Waals surface area contributed by atoms with Gasteiger partial charge in [-0.3, -0.25) is 10.1 Å². The zero-order valence-corrected chi connectivity index (χ0v) is 11.4. The van der Waals surface area contributed by atoms with Gasteiger partial charge in [-0.15, -0.1) is 0 Å². The van der Waals surface area contributed by atoms with Gasteiger partial charge in [-0.25, -0.2) is 0 Å². The molecule has 94 valence electrons. The van der Waals surface area contributed by atoms with Crippen molar-refractivity contribution in [2.75, 3.05) is 0 Å². The maximum absolute atomic E-state index is 11.0. The number of aliphatic hydroxyl groups excluding tert-OH is 1. The number of benzene rings is 1. The van der Waals surface area contributed by atoms with Crippen LogP contribution in [0.15, 0.2) is 16.6 Å². The molecule has 0 unspecified atom stereocenters. The lowest BCUT2D eigenvalue weighted by Crippen LogP contribution is -2.10. The minimum atomic E-state index is -0.833. The first-order chi connectivity index (χ1) is 7.82. The summed E-state index contributed by atoms with van der Waals surface area (Å²) in [6.07, 6.45) is -1.03. The van der Waals surface area contributed by atoms with Crippen LogP contribution in [0.5, 0.6) is 5.75 Å². The molecular formula is C11H14BrNO4. The lowest BCUT2D eigenvalue weighted by atomic mass is 10.1. The number of aliphatic hydroxyl groups is 1. The van der Waals surface area contributed by atoms with Gasteiger partial charge in [0.2, 0.25) is 5.75 Å². The molecule has 0 aliphatic rings. The lowest BCUT2D eigenvalue weighted by Gasteiger charge is -2.16. The maximum atomic E-state index is 11.0. The predicted molar refractivity (Wildman–Crippen MR) is 67.2 cm³/mol. The normalized spacial score (nSPS) is 12.6. The van der Waals surface area contributed by atoms with Crippen LogP contribution >= 0.6 is 15.9 Å². The number of rotatable bonds is 4. The summed E-state index contributed by atoms with van der Waals surface area (Å²) in [6, 6.07) is 2.99. The molecule has 5 nitrogen and oxygen atoms in total. The number of hydrogen-bond acceptors (Lipinski definition) is 4. The van der Waals surface area contributed by atoms with Crippen molar-refractivity contribution in [3.05, 3.63) is 32.3 Å². The minimum Gasteiger partial charge on any atom is -0.484 e. The van der Waals surface area contributed by atoms with Gasteiger partial charge in [0.1, 0.15) is 0 Å². The van der Waals surface area contributed by atoms with Gasteiger partial charge in [-0.05, 0) is 26.8 Å². The highest BCUT2D eigenvalue weighted by Gasteiger charge is 2.23. The van der Waals surface area contributed by atoms with Gasteiger partial charge in [0.05, 0.1) is 17.1 Å². The number of halogens is 1. The van der Waals surface area contributed by atoms with Gasteiger partial charge < -0.3 is 9.84 Å². The van der Waals surface area contributed by atoms with Crippen molar-refractivity contribution in [1.82, 2.24) is 0 Å². The van der Waals surface area contributed by atoms with E-state index in [1.165, 1.54) is 6.07 Å². The van der Waals surface area contributed by atoms with Crippen molar-refractivity contribution in [2.45, 2.75) is 33.0 Å². The van der Waals surface area contributed by atoms with Gasteiger partial charge in [0, 0.05) is 16.1 Å². The fraction of sp³-hybridized carbons (Fsp3) is 0.455. The van der Waals surface area contributed by atoms with Gasteiger partial charge in [-0.2, -0.15) is 0 Å². The molecular weight excluding hydrogens is 290 g/mol. The van der Waals surface area contributed by atoms with E-state index in [-0.39, 0.29) is 17.5 Å². The average Bonchev–Trinajstić information content (AvgIpc) is 2.18. The van der Waals surface area contributed by atoms with E-state index in [4.69, 9.17) is 4.74 Å². The minimum absolute atomic E-state index is 0.128. The lowest BCUT2D eigenvalue weighted by molar-refractivity contribution is -0.386. The number of nitro groups is 1. The molecule has 6 heteroatoms. The van der Waals surface area contributed by atoms with Crippen molar-refractivity contribution in [2.24, 2.45) is 0 Å². The zero-order chi connectivity index (χ0) is 13.2. The Labute approximate surface area is 108 Å². The Morgan fingerprint density at radius 2 is 2.00 bits per heavy atom. The largest absolute Gasteiger partial charge is 0.484 e. The Morgan fingerprint density at radius 3 is 2.41 bits per heavy atom. The van der Waals surface area contributed by atoms with E-state index in [1.807, 2.05) is 0 Å². The zero-order valence-electron chi connectivity index (χ0n) is 9.81. The molecule has 17 heavy (non-hydrogen) atoms. The molecule has 1 aromatic rings. The molecule has 0 amide bonds. The topological polar surface area (TPSA) is 72.6 Å². The molecule has 0 heterocycles.